The topological polar surface area (TPSA) is 41.5 Å². The molecule has 0 bridgehead atoms. The van der Waals surface area contributed by atoms with Gasteiger partial charge in [0, 0.05) is 19.3 Å². The van der Waals surface area contributed by atoms with E-state index in [0.717, 1.165) is 17.8 Å². The van der Waals surface area contributed by atoms with Crippen LogP contribution in [0.3, 0.4) is 0 Å². The van der Waals surface area contributed by atoms with Gasteiger partial charge in [0.1, 0.15) is 0 Å². The summed E-state index contributed by atoms with van der Waals surface area (Å²) < 4.78 is 5.08. The predicted octanol–water partition coefficient (Wildman–Crippen LogP) is 2.94. The summed E-state index contributed by atoms with van der Waals surface area (Å²) in [5.74, 6) is 0. The van der Waals surface area contributed by atoms with Crippen molar-refractivity contribution in [3.63, 3.8) is 0 Å². The zero-order valence-corrected chi connectivity index (χ0v) is 11.1. The zero-order chi connectivity index (χ0) is 13.5. The lowest BCUT2D eigenvalue weighted by Crippen LogP contribution is -2.00. The average Bonchev–Trinajstić information content (AvgIpc) is 2.47. The number of anilines is 1. The molecule has 3 nitrogen and oxygen atoms in total. The van der Waals surface area contributed by atoms with E-state index in [0.29, 0.717) is 6.61 Å². The van der Waals surface area contributed by atoms with E-state index in [-0.39, 0.29) is 6.61 Å². The van der Waals surface area contributed by atoms with Crippen LogP contribution in [0.4, 0.5) is 5.69 Å². The summed E-state index contributed by atoms with van der Waals surface area (Å²) in [6.45, 7) is 1.48. The number of benzene rings is 2. The number of nitrogens with one attached hydrogen (secondary N) is 1. The van der Waals surface area contributed by atoms with Gasteiger partial charge in [-0.05, 0) is 28.8 Å². The molecule has 2 rings (SSSR count). The molecule has 0 unspecified atom stereocenters. The van der Waals surface area contributed by atoms with Gasteiger partial charge in [-0.2, -0.15) is 0 Å². The van der Waals surface area contributed by atoms with Gasteiger partial charge < -0.3 is 15.2 Å². The van der Waals surface area contributed by atoms with Crippen LogP contribution in [0.5, 0.6) is 0 Å². The quantitative estimate of drug-likeness (QED) is 0.836. The summed E-state index contributed by atoms with van der Waals surface area (Å²) in [7, 11) is 1.70. The maximum absolute atomic E-state index is 9.09. The van der Waals surface area contributed by atoms with Gasteiger partial charge in [-0.25, -0.2) is 0 Å². The fraction of sp³-hybridized carbons (Fsp3) is 0.250. The minimum absolute atomic E-state index is 0.0707. The fourth-order valence-electron chi connectivity index (χ4n) is 1.90. The van der Waals surface area contributed by atoms with Crippen LogP contribution in [0, 0.1) is 0 Å². The Balaban J connectivity index is 1.94. The van der Waals surface area contributed by atoms with Crippen LogP contribution in [0.15, 0.2) is 48.5 Å². The molecule has 0 aromatic heterocycles. The Morgan fingerprint density at radius 1 is 1.00 bits per heavy atom. The lowest BCUT2D eigenvalue weighted by molar-refractivity contribution is 0.185. The molecule has 0 saturated carbocycles. The molecule has 0 spiro atoms. The van der Waals surface area contributed by atoms with Crippen LogP contribution in [0.1, 0.15) is 16.7 Å². The van der Waals surface area contributed by atoms with Gasteiger partial charge in [0.05, 0.1) is 13.2 Å². The Bertz CT molecular complexity index is 508. The van der Waals surface area contributed by atoms with Crippen molar-refractivity contribution in [2.75, 3.05) is 12.4 Å². The number of aliphatic hydroxyl groups is 1. The number of ether oxygens (including phenoxy) is 1. The number of aliphatic hydroxyl groups excluding tert-OH is 1. The van der Waals surface area contributed by atoms with Crippen LogP contribution in [0.2, 0.25) is 0 Å². The van der Waals surface area contributed by atoms with E-state index >= 15 is 0 Å². The van der Waals surface area contributed by atoms with Gasteiger partial charge >= 0.3 is 0 Å². The molecular formula is C16H19NO2. The highest BCUT2D eigenvalue weighted by atomic mass is 16.5. The second-order valence-corrected chi connectivity index (χ2v) is 4.46. The molecule has 0 aliphatic heterocycles. The van der Waals surface area contributed by atoms with Gasteiger partial charge in [-0.15, -0.1) is 0 Å². The molecule has 2 aromatic rings. The highest BCUT2D eigenvalue weighted by molar-refractivity contribution is 5.46. The Hall–Kier alpha value is -1.84. The van der Waals surface area contributed by atoms with Crippen molar-refractivity contribution < 1.29 is 9.84 Å². The molecule has 0 radical (unpaired) electrons. The molecule has 3 heteroatoms. The van der Waals surface area contributed by atoms with E-state index in [9.17, 15) is 0 Å². The van der Waals surface area contributed by atoms with E-state index in [1.165, 1.54) is 11.1 Å². The van der Waals surface area contributed by atoms with Crippen molar-refractivity contribution in [2.45, 2.75) is 19.8 Å². The molecule has 2 N–H and O–H groups in total. The van der Waals surface area contributed by atoms with E-state index < -0.39 is 0 Å². The van der Waals surface area contributed by atoms with Crippen LogP contribution in [-0.4, -0.2) is 12.2 Å². The standard InChI is InChI=1S/C16H19NO2/c1-19-12-14-7-5-13(6-8-14)10-17-16-4-2-3-15(9-16)11-18/h2-9,17-18H,10-12H2,1H3. The summed E-state index contributed by atoms with van der Waals surface area (Å²) in [6.07, 6.45) is 0. The average molecular weight is 257 g/mol. The first-order chi connectivity index (χ1) is 9.31. The number of rotatable bonds is 6. The smallest absolute Gasteiger partial charge is 0.0713 e. The Morgan fingerprint density at radius 3 is 2.42 bits per heavy atom. The Morgan fingerprint density at radius 2 is 1.74 bits per heavy atom. The molecule has 0 saturated heterocycles. The Labute approximate surface area is 113 Å². The van der Waals surface area contributed by atoms with Crippen LogP contribution in [-0.2, 0) is 24.5 Å². The third-order valence-corrected chi connectivity index (χ3v) is 2.94. The monoisotopic (exact) mass is 257 g/mol. The van der Waals surface area contributed by atoms with Crippen molar-refractivity contribution in [1.82, 2.24) is 0 Å². The second-order valence-electron chi connectivity index (χ2n) is 4.46. The largest absolute Gasteiger partial charge is 0.392 e. The summed E-state index contributed by atoms with van der Waals surface area (Å²) in [5, 5.41) is 12.4. The summed E-state index contributed by atoms with van der Waals surface area (Å²) in [6, 6.07) is 16.1. The first kappa shape index (κ1) is 13.6. The maximum Gasteiger partial charge on any atom is 0.0713 e. The van der Waals surface area contributed by atoms with Crippen molar-refractivity contribution in [1.29, 1.82) is 0 Å². The molecule has 0 aliphatic rings. The highest BCUT2D eigenvalue weighted by Gasteiger charge is 1.97. The van der Waals surface area contributed by atoms with Crippen LogP contribution in [0.25, 0.3) is 0 Å². The third kappa shape index (κ3) is 4.09. The minimum Gasteiger partial charge on any atom is -0.392 e. The van der Waals surface area contributed by atoms with Crippen molar-refractivity contribution in [2.24, 2.45) is 0 Å². The number of hydrogen-bond donors (Lipinski definition) is 2. The summed E-state index contributed by atoms with van der Waals surface area (Å²) >= 11 is 0. The fourth-order valence-corrected chi connectivity index (χ4v) is 1.90. The zero-order valence-electron chi connectivity index (χ0n) is 11.1. The second kappa shape index (κ2) is 6.92. The van der Waals surface area contributed by atoms with Gasteiger partial charge in [0.2, 0.25) is 0 Å². The molecule has 0 heterocycles. The molecule has 100 valence electrons. The maximum atomic E-state index is 9.09. The van der Waals surface area contributed by atoms with Gasteiger partial charge in [-0.3, -0.25) is 0 Å². The van der Waals surface area contributed by atoms with Gasteiger partial charge in [0.15, 0.2) is 0 Å². The molecule has 0 atom stereocenters. The summed E-state index contributed by atoms with van der Waals surface area (Å²) in [4.78, 5) is 0. The predicted molar refractivity (Wildman–Crippen MR) is 76.8 cm³/mol. The third-order valence-electron chi connectivity index (χ3n) is 2.94. The van der Waals surface area contributed by atoms with Gasteiger partial charge in [0.25, 0.3) is 0 Å². The van der Waals surface area contributed by atoms with Crippen molar-refractivity contribution >= 4 is 5.69 Å². The molecular weight excluding hydrogens is 238 g/mol. The lowest BCUT2D eigenvalue weighted by atomic mass is 10.1. The van der Waals surface area contributed by atoms with E-state index in [1.54, 1.807) is 7.11 Å². The van der Waals surface area contributed by atoms with Crippen LogP contribution < -0.4 is 5.32 Å². The normalized spacial score (nSPS) is 10.4. The highest BCUT2D eigenvalue weighted by Crippen LogP contribution is 2.13. The summed E-state index contributed by atoms with van der Waals surface area (Å²) in [5.41, 5.74) is 4.33. The van der Waals surface area contributed by atoms with E-state index in [4.69, 9.17) is 9.84 Å². The first-order valence-electron chi connectivity index (χ1n) is 6.32. The molecule has 0 fully saturated rings. The van der Waals surface area contributed by atoms with E-state index in [2.05, 4.69) is 29.6 Å². The SMILES string of the molecule is COCc1ccc(CNc2cccc(CO)c2)cc1. The lowest BCUT2D eigenvalue weighted by Gasteiger charge is -2.08. The van der Waals surface area contributed by atoms with Crippen molar-refractivity contribution in [3.8, 4) is 0 Å². The van der Waals surface area contributed by atoms with Crippen LogP contribution >= 0.6 is 0 Å². The number of methoxy groups -OCH3 is 1. The molecule has 2 aromatic carbocycles. The number of hydrogen-bond acceptors (Lipinski definition) is 3. The molecule has 0 aliphatic carbocycles. The molecule has 0 amide bonds. The Kier molecular flexibility index (Phi) is 4.95. The van der Waals surface area contributed by atoms with E-state index in [1.807, 2.05) is 24.3 Å². The molecule has 19 heavy (non-hydrogen) atoms. The first-order valence-corrected chi connectivity index (χ1v) is 6.32. The van der Waals surface area contributed by atoms with Gasteiger partial charge in [-0.1, -0.05) is 36.4 Å². The van der Waals surface area contributed by atoms with Crippen molar-refractivity contribution in [3.05, 3.63) is 65.2 Å². The minimum atomic E-state index is 0.0707.